The first-order valence-corrected chi connectivity index (χ1v) is 7.03. The lowest BCUT2D eigenvalue weighted by Gasteiger charge is -2.09. The molecule has 0 fully saturated rings. The van der Waals surface area contributed by atoms with Gasteiger partial charge in [0.05, 0.1) is 0 Å². The minimum Gasteiger partial charge on any atom is -0.366 e. The Hall–Kier alpha value is -2.34. The average molecular weight is 348 g/mol. The number of anilines is 1. The first kappa shape index (κ1) is 15.1. The number of benzene rings is 2. The number of nitrogens with two attached hydrogens (primary N) is 1. The summed E-state index contributed by atoms with van der Waals surface area (Å²) < 4.78 is 0.941. The lowest BCUT2D eigenvalue weighted by Crippen LogP contribution is -2.28. The first-order chi connectivity index (χ1) is 10.1. The monoisotopic (exact) mass is 347 g/mol. The molecule has 3 amide bonds. The molecule has 4 N–H and O–H groups in total. The van der Waals surface area contributed by atoms with E-state index in [4.69, 9.17) is 5.73 Å². The summed E-state index contributed by atoms with van der Waals surface area (Å²) in [6.45, 7) is 0.409. The SMILES string of the molecule is NC(=O)c1ccc(NC(=O)NCc2ccccc2Br)cc1. The second-order valence-corrected chi connectivity index (χ2v) is 5.20. The van der Waals surface area contributed by atoms with Crippen LogP contribution in [0.4, 0.5) is 10.5 Å². The molecule has 0 spiro atoms. The smallest absolute Gasteiger partial charge is 0.319 e. The van der Waals surface area contributed by atoms with Crippen LogP contribution in [0.15, 0.2) is 53.0 Å². The van der Waals surface area contributed by atoms with Crippen LogP contribution in [0, 0.1) is 0 Å². The zero-order valence-electron chi connectivity index (χ0n) is 11.1. The number of carbonyl (C=O) groups excluding carboxylic acids is 2. The van der Waals surface area contributed by atoms with Gasteiger partial charge in [-0.15, -0.1) is 0 Å². The van der Waals surface area contributed by atoms with Gasteiger partial charge in [-0.2, -0.15) is 0 Å². The summed E-state index contributed by atoms with van der Waals surface area (Å²) >= 11 is 3.42. The second-order valence-electron chi connectivity index (χ2n) is 4.34. The molecule has 0 aromatic heterocycles. The highest BCUT2D eigenvalue weighted by molar-refractivity contribution is 9.10. The Morgan fingerprint density at radius 3 is 2.33 bits per heavy atom. The number of carbonyl (C=O) groups is 2. The average Bonchev–Trinajstić information content (AvgIpc) is 2.47. The van der Waals surface area contributed by atoms with Crippen molar-refractivity contribution >= 4 is 33.6 Å². The molecule has 0 aliphatic rings. The van der Waals surface area contributed by atoms with E-state index in [9.17, 15) is 9.59 Å². The predicted octanol–water partition coefficient (Wildman–Crippen LogP) is 2.87. The molecule has 0 radical (unpaired) electrons. The molecular weight excluding hydrogens is 334 g/mol. The van der Waals surface area contributed by atoms with Crippen LogP contribution in [0.2, 0.25) is 0 Å². The van der Waals surface area contributed by atoms with Crippen LogP contribution in [-0.4, -0.2) is 11.9 Å². The quantitative estimate of drug-likeness (QED) is 0.794. The summed E-state index contributed by atoms with van der Waals surface area (Å²) in [6, 6.07) is 13.7. The number of nitrogens with one attached hydrogen (secondary N) is 2. The summed E-state index contributed by atoms with van der Waals surface area (Å²) in [7, 11) is 0. The van der Waals surface area contributed by atoms with E-state index in [1.165, 1.54) is 0 Å². The van der Waals surface area contributed by atoms with Gasteiger partial charge in [0.2, 0.25) is 5.91 Å². The van der Waals surface area contributed by atoms with Gasteiger partial charge in [-0.05, 0) is 35.9 Å². The molecule has 0 aliphatic carbocycles. The molecule has 5 nitrogen and oxygen atoms in total. The fourth-order valence-corrected chi connectivity index (χ4v) is 2.14. The normalized spacial score (nSPS) is 9.95. The third-order valence-electron chi connectivity index (χ3n) is 2.82. The summed E-state index contributed by atoms with van der Waals surface area (Å²) in [5.41, 5.74) is 7.12. The van der Waals surface area contributed by atoms with E-state index < -0.39 is 5.91 Å². The third-order valence-corrected chi connectivity index (χ3v) is 3.60. The Morgan fingerprint density at radius 2 is 1.71 bits per heavy atom. The standard InChI is InChI=1S/C15H14BrN3O2/c16-13-4-2-1-3-11(13)9-18-15(21)19-12-7-5-10(6-8-12)14(17)20/h1-8H,9H2,(H2,17,20)(H2,18,19,21). The van der Waals surface area contributed by atoms with E-state index in [-0.39, 0.29) is 6.03 Å². The minimum atomic E-state index is -0.500. The summed E-state index contributed by atoms with van der Waals surface area (Å²) in [5.74, 6) is -0.500. The molecule has 2 aromatic rings. The molecule has 0 heterocycles. The Labute approximate surface area is 130 Å². The molecule has 0 bridgehead atoms. The van der Waals surface area contributed by atoms with E-state index in [0.717, 1.165) is 10.0 Å². The van der Waals surface area contributed by atoms with Crippen LogP contribution >= 0.6 is 15.9 Å². The van der Waals surface area contributed by atoms with Gasteiger partial charge in [-0.25, -0.2) is 4.79 Å². The number of primary amides is 1. The Balaban J connectivity index is 1.90. The lowest BCUT2D eigenvalue weighted by molar-refractivity contribution is 0.100. The van der Waals surface area contributed by atoms with Gasteiger partial charge < -0.3 is 16.4 Å². The van der Waals surface area contributed by atoms with Crippen LogP contribution in [0.5, 0.6) is 0 Å². The number of halogens is 1. The van der Waals surface area contributed by atoms with Crippen LogP contribution in [-0.2, 0) is 6.54 Å². The maximum absolute atomic E-state index is 11.8. The fraction of sp³-hybridized carbons (Fsp3) is 0.0667. The number of amides is 3. The molecule has 0 atom stereocenters. The van der Waals surface area contributed by atoms with E-state index >= 15 is 0 Å². The van der Waals surface area contributed by atoms with Crippen LogP contribution in [0.1, 0.15) is 15.9 Å². The molecule has 0 saturated carbocycles. The van der Waals surface area contributed by atoms with Gasteiger partial charge in [0.1, 0.15) is 0 Å². The van der Waals surface area contributed by atoms with E-state index in [0.29, 0.717) is 17.8 Å². The van der Waals surface area contributed by atoms with Crippen molar-refractivity contribution in [3.63, 3.8) is 0 Å². The largest absolute Gasteiger partial charge is 0.366 e. The van der Waals surface area contributed by atoms with Gasteiger partial charge in [0.25, 0.3) is 0 Å². The Bertz CT molecular complexity index is 656. The van der Waals surface area contributed by atoms with Crippen LogP contribution < -0.4 is 16.4 Å². The Morgan fingerprint density at radius 1 is 1.05 bits per heavy atom. The van der Waals surface area contributed by atoms with Crippen molar-refractivity contribution in [3.8, 4) is 0 Å². The number of urea groups is 1. The molecule has 0 unspecified atom stereocenters. The predicted molar refractivity (Wildman–Crippen MR) is 85.0 cm³/mol. The number of hydrogen-bond donors (Lipinski definition) is 3. The minimum absolute atomic E-state index is 0.322. The highest BCUT2D eigenvalue weighted by Gasteiger charge is 2.05. The van der Waals surface area contributed by atoms with Crippen molar-refractivity contribution in [1.82, 2.24) is 5.32 Å². The van der Waals surface area contributed by atoms with E-state index in [1.54, 1.807) is 24.3 Å². The number of hydrogen-bond acceptors (Lipinski definition) is 2. The van der Waals surface area contributed by atoms with Gasteiger partial charge in [0, 0.05) is 22.3 Å². The molecule has 2 aromatic carbocycles. The van der Waals surface area contributed by atoms with Crippen molar-refractivity contribution in [2.24, 2.45) is 5.73 Å². The molecule has 0 aliphatic heterocycles. The van der Waals surface area contributed by atoms with Crippen molar-refractivity contribution < 1.29 is 9.59 Å². The lowest BCUT2D eigenvalue weighted by atomic mass is 10.2. The topological polar surface area (TPSA) is 84.2 Å². The van der Waals surface area contributed by atoms with Crippen molar-refractivity contribution in [2.75, 3.05) is 5.32 Å². The molecule has 6 heteroatoms. The molecule has 21 heavy (non-hydrogen) atoms. The third kappa shape index (κ3) is 4.32. The molecule has 108 valence electrons. The van der Waals surface area contributed by atoms with E-state index in [1.807, 2.05) is 24.3 Å². The summed E-state index contributed by atoms with van der Waals surface area (Å²) in [6.07, 6.45) is 0. The molecule has 2 rings (SSSR count). The van der Waals surface area contributed by atoms with Crippen LogP contribution in [0.3, 0.4) is 0 Å². The van der Waals surface area contributed by atoms with Gasteiger partial charge in [-0.1, -0.05) is 34.1 Å². The molecule has 0 saturated heterocycles. The zero-order valence-corrected chi connectivity index (χ0v) is 12.7. The first-order valence-electron chi connectivity index (χ1n) is 6.24. The summed E-state index contributed by atoms with van der Waals surface area (Å²) in [5, 5.41) is 5.43. The van der Waals surface area contributed by atoms with Crippen molar-refractivity contribution in [1.29, 1.82) is 0 Å². The Kier molecular flexibility index (Phi) is 4.94. The zero-order chi connectivity index (χ0) is 15.2. The van der Waals surface area contributed by atoms with Crippen LogP contribution in [0.25, 0.3) is 0 Å². The molecular formula is C15H14BrN3O2. The van der Waals surface area contributed by atoms with Gasteiger partial charge in [0.15, 0.2) is 0 Å². The van der Waals surface area contributed by atoms with Crippen molar-refractivity contribution in [3.05, 3.63) is 64.1 Å². The van der Waals surface area contributed by atoms with Gasteiger partial charge in [-0.3, -0.25) is 4.79 Å². The van der Waals surface area contributed by atoms with E-state index in [2.05, 4.69) is 26.6 Å². The summed E-state index contributed by atoms with van der Waals surface area (Å²) in [4.78, 5) is 22.7. The highest BCUT2D eigenvalue weighted by atomic mass is 79.9. The van der Waals surface area contributed by atoms with Crippen molar-refractivity contribution in [2.45, 2.75) is 6.54 Å². The fourth-order valence-electron chi connectivity index (χ4n) is 1.71. The second kappa shape index (κ2) is 6.90. The maximum atomic E-state index is 11.8. The van der Waals surface area contributed by atoms with Gasteiger partial charge >= 0.3 is 6.03 Å². The maximum Gasteiger partial charge on any atom is 0.319 e. The highest BCUT2D eigenvalue weighted by Crippen LogP contribution is 2.15. The number of rotatable bonds is 4.